The van der Waals surface area contributed by atoms with Crippen molar-refractivity contribution in [3.63, 3.8) is 0 Å². The van der Waals surface area contributed by atoms with Gasteiger partial charge in [-0.2, -0.15) is 0 Å². The van der Waals surface area contributed by atoms with Crippen LogP contribution in [0.4, 0.5) is 0 Å². The van der Waals surface area contributed by atoms with Crippen molar-refractivity contribution in [1.29, 1.82) is 0 Å². The Morgan fingerprint density at radius 2 is 1.94 bits per heavy atom. The SMILES string of the molecule is CCc1cc(-c2nnc(S)n2C2=CC3C(C)=C(C)N(CC(=O)O)C3C=C2)c(O)cc1O. The van der Waals surface area contributed by atoms with Gasteiger partial charge in [0.05, 0.1) is 11.6 Å². The van der Waals surface area contributed by atoms with E-state index in [1.54, 1.807) is 10.6 Å². The summed E-state index contributed by atoms with van der Waals surface area (Å²) in [5.41, 5.74) is 3.97. The van der Waals surface area contributed by atoms with E-state index in [2.05, 4.69) is 28.9 Å². The number of fused-ring (bicyclic) bond motifs is 1. The number of phenols is 2. The zero-order valence-corrected chi connectivity index (χ0v) is 18.3. The van der Waals surface area contributed by atoms with Gasteiger partial charge in [-0.25, -0.2) is 0 Å². The fourth-order valence-corrected chi connectivity index (χ4v) is 4.57. The lowest BCUT2D eigenvalue weighted by Crippen LogP contribution is -2.36. The van der Waals surface area contributed by atoms with Gasteiger partial charge in [0.1, 0.15) is 18.0 Å². The highest BCUT2D eigenvalue weighted by Crippen LogP contribution is 2.41. The zero-order valence-electron chi connectivity index (χ0n) is 17.4. The second-order valence-electron chi connectivity index (χ2n) is 7.77. The Kier molecular flexibility index (Phi) is 5.30. The van der Waals surface area contributed by atoms with E-state index >= 15 is 0 Å². The third-order valence-electron chi connectivity index (χ3n) is 6.07. The van der Waals surface area contributed by atoms with E-state index in [4.69, 9.17) is 0 Å². The van der Waals surface area contributed by atoms with E-state index in [0.29, 0.717) is 28.5 Å². The number of allylic oxidation sites excluding steroid dienone is 3. The molecule has 0 saturated carbocycles. The van der Waals surface area contributed by atoms with E-state index in [1.807, 2.05) is 37.8 Å². The highest BCUT2D eigenvalue weighted by molar-refractivity contribution is 7.80. The Hall–Kier alpha value is -3.20. The van der Waals surface area contributed by atoms with Crippen molar-refractivity contribution in [1.82, 2.24) is 19.7 Å². The van der Waals surface area contributed by atoms with E-state index in [0.717, 1.165) is 17.0 Å². The van der Waals surface area contributed by atoms with Crippen LogP contribution in [0.5, 0.6) is 11.5 Å². The predicted octanol–water partition coefficient (Wildman–Crippen LogP) is 3.30. The fraction of sp³-hybridized carbons (Fsp3) is 0.318. The fourth-order valence-electron chi connectivity index (χ4n) is 4.32. The van der Waals surface area contributed by atoms with Gasteiger partial charge in [0, 0.05) is 23.4 Å². The van der Waals surface area contributed by atoms with Gasteiger partial charge in [0.15, 0.2) is 11.0 Å². The number of carboxylic acids is 1. The Morgan fingerprint density at radius 1 is 1.19 bits per heavy atom. The molecular weight excluding hydrogens is 416 g/mol. The zero-order chi connectivity index (χ0) is 22.4. The lowest BCUT2D eigenvalue weighted by atomic mass is 9.90. The molecule has 8 nitrogen and oxygen atoms in total. The van der Waals surface area contributed by atoms with Crippen molar-refractivity contribution in [2.24, 2.45) is 5.92 Å². The molecule has 0 saturated heterocycles. The highest BCUT2D eigenvalue weighted by Gasteiger charge is 2.37. The Morgan fingerprint density at radius 3 is 2.61 bits per heavy atom. The van der Waals surface area contributed by atoms with Gasteiger partial charge in [0.2, 0.25) is 0 Å². The molecule has 3 N–H and O–H groups in total. The van der Waals surface area contributed by atoms with Crippen molar-refractivity contribution in [2.45, 2.75) is 38.4 Å². The smallest absolute Gasteiger partial charge is 0.323 e. The van der Waals surface area contributed by atoms with Crippen LogP contribution in [0.3, 0.4) is 0 Å². The molecule has 0 spiro atoms. The van der Waals surface area contributed by atoms with Crippen LogP contribution in [0.1, 0.15) is 26.3 Å². The van der Waals surface area contributed by atoms with Gasteiger partial charge in [0.25, 0.3) is 0 Å². The molecule has 0 radical (unpaired) electrons. The minimum atomic E-state index is -0.871. The molecule has 1 aliphatic carbocycles. The number of carboxylic acid groups (broad SMARTS) is 1. The molecular formula is C22H24N4O4S. The predicted molar refractivity (Wildman–Crippen MR) is 119 cm³/mol. The number of carbonyl (C=O) groups is 1. The maximum atomic E-state index is 11.3. The van der Waals surface area contributed by atoms with Gasteiger partial charge in [-0.3, -0.25) is 9.36 Å². The molecule has 1 aromatic carbocycles. The van der Waals surface area contributed by atoms with E-state index in [-0.39, 0.29) is 30.0 Å². The number of phenolic OH excluding ortho intramolecular Hbond substituents is 2. The summed E-state index contributed by atoms with van der Waals surface area (Å²) >= 11 is 4.47. The van der Waals surface area contributed by atoms with Crippen molar-refractivity contribution in [2.75, 3.05) is 6.54 Å². The molecule has 0 amide bonds. The molecule has 2 unspecified atom stereocenters. The number of hydrogen-bond acceptors (Lipinski definition) is 7. The van der Waals surface area contributed by atoms with Gasteiger partial charge < -0.3 is 20.2 Å². The number of aryl methyl sites for hydroxylation is 1. The second-order valence-corrected chi connectivity index (χ2v) is 8.17. The standard InChI is InChI=1S/C22H24N4O4S/c1-4-13-7-16(19(28)9-18(13)27)21-23-24-22(31)26(21)14-5-6-17-15(8-14)11(2)12(3)25(17)10-20(29)30/h5-9,15,17,27-28H,4,10H2,1-3H3,(H,24,31)(H,29,30). The van der Waals surface area contributed by atoms with E-state index < -0.39 is 5.97 Å². The van der Waals surface area contributed by atoms with Gasteiger partial charge >= 0.3 is 5.97 Å². The first-order valence-corrected chi connectivity index (χ1v) is 10.4. The molecule has 31 heavy (non-hydrogen) atoms. The first-order valence-electron chi connectivity index (χ1n) is 9.98. The summed E-state index contributed by atoms with van der Waals surface area (Å²) in [5.74, 6) is -0.534. The average Bonchev–Trinajstić information content (AvgIpc) is 3.21. The van der Waals surface area contributed by atoms with E-state index in [1.165, 1.54) is 6.07 Å². The number of hydrogen-bond donors (Lipinski definition) is 4. The number of aromatic nitrogens is 3. The van der Waals surface area contributed by atoms with Gasteiger partial charge in [-0.1, -0.05) is 19.1 Å². The monoisotopic (exact) mass is 440 g/mol. The molecule has 162 valence electrons. The van der Waals surface area contributed by atoms with Crippen LogP contribution in [-0.4, -0.2) is 53.5 Å². The first kappa shape index (κ1) is 21.0. The lowest BCUT2D eigenvalue weighted by molar-refractivity contribution is -0.138. The summed E-state index contributed by atoms with van der Waals surface area (Å²) in [6, 6.07) is 2.94. The minimum Gasteiger partial charge on any atom is -0.508 e. The minimum absolute atomic E-state index is 0.00181. The molecule has 1 aliphatic heterocycles. The van der Waals surface area contributed by atoms with Crippen molar-refractivity contribution < 1.29 is 20.1 Å². The number of nitrogens with zero attached hydrogens (tertiary/aromatic N) is 4. The number of aromatic hydroxyl groups is 2. The summed E-state index contributed by atoms with van der Waals surface area (Å²) in [7, 11) is 0. The molecule has 2 aliphatic rings. The summed E-state index contributed by atoms with van der Waals surface area (Å²) in [6.45, 7) is 5.80. The van der Waals surface area contributed by atoms with Crippen LogP contribution >= 0.6 is 12.6 Å². The summed E-state index contributed by atoms with van der Waals surface area (Å²) < 4.78 is 1.74. The number of thiol groups is 1. The Balaban J connectivity index is 1.78. The molecule has 2 heterocycles. The Labute approximate surface area is 185 Å². The average molecular weight is 441 g/mol. The summed E-state index contributed by atoms with van der Waals surface area (Å²) in [6.07, 6.45) is 6.52. The van der Waals surface area contributed by atoms with Crippen LogP contribution in [0.15, 0.2) is 46.8 Å². The maximum absolute atomic E-state index is 11.3. The molecule has 4 rings (SSSR count). The highest BCUT2D eigenvalue weighted by atomic mass is 32.1. The molecule has 2 aromatic rings. The quantitative estimate of drug-likeness (QED) is 0.528. The number of aliphatic carboxylic acids is 1. The van der Waals surface area contributed by atoms with Crippen LogP contribution < -0.4 is 0 Å². The van der Waals surface area contributed by atoms with Crippen molar-refractivity contribution in [3.05, 3.63) is 47.2 Å². The summed E-state index contributed by atoms with van der Waals surface area (Å²) in [5, 5.41) is 38.5. The molecule has 9 heteroatoms. The van der Waals surface area contributed by atoms with Gasteiger partial charge in [-0.05, 0) is 43.5 Å². The second kappa shape index (κ2) is 7.81. The molecule has 0 fully saturated rings. The third kappa shape index (κ3) is 3.48. The van der Waals surface area contributed by atoms with Crippen LogP contribution in [0, 0.1) is 5.92 Å². The number of rotatable bonds is 5. The van der Waals surface area contributed by atoms with Crippen LogP contribution in [0.2, 0.25) is 0 Å². The van der Waals surface area contributed by atoms with Crippen LogP contribution in [-0.2, 0) is 11.2 Å². The van der Waals surface area contributed by atoms with Crippen molar-refractivity contribution in [3.8, 4) is 22.9 Å². The van der Waals surface area contributed by atoms with E-state index in [9.17, 15) is 20.1 Å². The Bertz CT molecular complexity index is 1160. The third-order valence-corrected chi connectivity index (χ3v) is 6.36. The molecule has 0 bridgehead atoms. The molecule has 2 atom stereocenters. The normalized spacial score (nSPS) is 20.3. The van der Waals surface area contributed by atoms with Crippen molar-refractivity contribution >= 4 is 24.3 Å². The van der Waals surface area contributed by atoms with Gasteiger partial charge in [-0.15, -0.1) is 22.8 Å². The van der Waals surface area contributed by atoms with Crippen LogP contribution in [0.25, 0.3) is 17.1 Å². The lowest BCUT2D eigenvalue weighted by Gasteiger charge is -2.29. The molecule has 1 aromatic heterocycles. The summed E-state index contributed by atoms with van der Waals surface area (Å²) in [4.78, 5) is 13.2. The first-order chi connectivity index (χ1) is 14.7. The largest absolute Gasteiger partial charge is 0.508 e. The topological polar surface area (TPSA) is 112 Å². The maximum Gasteiger partial charge on any atom is 0.323 e. The number of benzene rings is 1.